The molecule has 0 heterocycles. The van der Waals surface area contributed by atoms with E-state index in [9.17, 15) is 5.11 Å². The van der Waals surface area contributed by atoms with Gasteiger partial charge in [-0.3, -0.25) is 5.11 Å². The molecule has 0 saturated carbocycles. The Balaban J connectivity index is 2.79. The largest absolute Gasteiger partial charge is 0.496 e. The van der Waals surface area contributed by atoms with Crippen molar-refractivity contribution in [3.05, 3.63) is 36.4 Å². The number of hydrogen-bond donors (Lipinski definition) is 0. The lowest BCUT2D eigenvalue weighted by molar-refractivity contribution is 0.355. The zero-order valence-corrected chi connectivity index (χ0v) is 7.28. The third-order valence-corrected chi connectivity index (χ3v) is 2.03. The molecule has 65 valence electrons. The second kappa shape index (κ2) is 2.98. The van der Waals surface area contributed by atoms with Crippen LogP contribution in [0.3, 0.4) is 0 Å². The van der Waals surface area contributed by atoms with Crippen molar-refractivity contribution in [1.82, 2.24) is 0 Å². The molecule has 0 spiro atoms. The summed E-state index contributed by atoms with van der Waals surface area (Å²) in [5.41, 5.74) is 0. The van der Waals surface area contributed by atoms with Crippen molar-refractivity contribution in [3.8, 4) is 11.5 Å². The first-order chi connectivity index (χ1) is 6.31. The predicted molar refractivity (Wildman–Crippen MR) is 50.6 cm³/mol. The highest BCUT2D eigenvalue weighted by molar-refractivity contribution is 5.89. The van der Waals surface area contributed by atoms with Crippen molar-refractivity contribution in [2.75, 3.05) is 7.11 Å². The minimum atomic E-state index is 0.0111. The summed E-state index contributed by atoms with van der Waals surface area (Å²) in [4.78, 5) is 0. The van der Waals surface area contributed by atoms with Crippen LogP contribution in [-0.2, 0) is 5.11 Å². The molecule has 0 fully saturated rings. The molecule has 1 radical (unpaired) electrons. The van der Waals surface area contributed by atoms with Crippen LogP contribution in [0.25, 0.3) is 10.8 Å². The second-order valence-corrected chi connectivity index (χ2v) is 2.84. The molecule has 2 rings (SSSR count). The Morgan fingerprint density at radius 1 is 1.15 bits per heavy atom. The predicted octanol–water partition coefficient (Wildman–Crippen LogP) is 2.99. The van der Waals surface area contributed by atoms with Gasteiger partial charge in [-0.1, -0.05) is 18.2 Å². The van der Waals surface area contributed by atoms with E-state index in [4.69, 9.17) is 4.74 Å². The maximum atomic E-state index is 11.1. The molecule has 0 atom stereocenters. The Morgan fingerprint density at radius 3 is 2.77 bits per heavy atom. The van der Waals surface area contributed by atoms with E-state index in [1.807, 2.05) is 18.2 Å². The number of rotatable bonds is 1. The van der Waals surface area contributed by atoms with E-state index in [-0.39, 0.29) is 5.75 Å². The highest BCUT2D eigenvalue weighted by atomic mass is 16.5. The number of ether oxygens (including phenoxy) is 1. The molecule has 0 aliphatic heterocycles. The summed E-state index contributed by atoms with van der Waals surface area (Å²) in [6, 6.07) is 10.7. The first-order valence-electron chi connectivity index (χ1n) is 4.05. The van der Waals surface area contributed by atoms with E-state index in [1.54, 1.807) is 25.3 Å². The SMILES string of the molecule is COc1cccc2ccc([O])cc12. The standard InChI is InChI=1S/C11H9O2/c1-13-11-4-2-3-8-5-6-9(12)7-10(8)11/h2-7H,1H3. The number of benzene rings is 2. The molecular formula is C11H9O2. The monoisotopic (exact) mass is 173 g/mol. The Morgan fingerprint density at radius 2 is 2.00 bits per heavy atom. The van der Waals surface area contributed by atoms with Gasteiger partial charge < -0.3 is 4.74 Å². The Bertz CT molecular complexity index is 435. The maximum absolute atomic E-state index is 11.1. The highest BCUT2D eigenvalue weighted by Crippen LogP contribution is 2.28. The average Bonchev–Trinajstić information content (AvgIpc) is 2.17. The van der Waals surface area contributed by atoms with Crippen LogP contribution < -0.4 is 4.74 Å². The van der Waals surface area contributed by atoms with Gasteiger partial charge in [0.05, 0.1) is 7.11 Å². The lowest BCUT2D eigenvalue weighted by Crippen LogP contribution is -1.83. The first kappa shape index (κ1) is 7.92. The molecule has 0 bridgehead atoms. The molecule has 0 N–H and O–H groups in total. The fourth-order valence-corrected chi connectivity index (χ4v) is 1.40. The molecule has 13 heavy (non-hydrogen) atoms. The fraction of sp³-hybridized carbons (Fsp3) is 0.0909. The summed E-state index contributed by atoms with van der Waals surface area (Å²) in [5, 5.41) is 13.0. The quantitative estimate of drug-likeness (QED) is 0.651. The van der Waals surface area contributed by atoms with Crippen molar-refractivity contribution in [1.29, 1.82) is 0 Å². The van der Waals surface area contributed by atoms with Gasteiger partial charge in [-0.05, 0) is 23.6 Å². The molecule has 0 aliphatic carbocycles. The number of hydrogen-bond acceptors (Lipinski definition) is 1. The topological polar surface area (TPSA) is 29.1 Å². The highest BCUT2D eigenvalue weighted by Gasteiger charge is 2.01. The summed E-state index contributed by atoms with van der Waals surface area (Å²) in [7, 11) is 1.60. The van der Waals surface area contributed by atoms with E-state index >= 15 is 0 Å². The van der Waals surface area contributed by atoms with E-state index in [0.717, 1.165) is 16.5 Å². The maximum Gasteiger partial charge on any atom is 0.179 e. The van der Waals surface area contributed by atoms with E-state index in [0.29, 0.717) is 0 Å². The van der Waals surface area contributed by atoms with Crippen molar-refractivity contribution < 1.29 is 9.84 Å². The van der Waals surface area contributed by atoms with Crippen LogP contribution in [0.2, 0.25) is 0 Å². The van der Waals surface area contributed by atoms with Crippen LogP contribution in [0.4, 0.5) is 0 Å². The zero-order chi connectivity index (χ0) is 9.26. The molecular weight excluding hydrogens is 164 g/mol. The summed E-state index contributed by atoms with van der Waals surface area (Å²) < 4.78 is 5.14. The molecule has 2 aromatic carbocycles. The summed E-state index contributed by atoms with van der Waals surface area (Å²) in [6.45, 7) is 0. The third-order valence-electron chi connectivity index (χ3n) is 2.03. The van der Waals surface area contributed by atoms with Gasteiger partial charge in [-0.15, -0.1) is 0 Å². The Labute approximate surface area is 76.4 Å². The van der Waals surface area contributed by atoms with Gasteiger partial charge in [0, 0.05) is 5.39 Å². The van der Waals surface area contributed by atoms with Gasteiger partial charge in [0.2, 0.25) is 0 Å². The average molecular weight is 173 g/mol. The Kier molecular flexibility index (Phi) is 1.81. The lowest BCUT2D eigenvalue weighted by Gasteiger charge is -2.03. The van der Waals surface area contributed by atoms with E-state index in [1.165, 1.54) is 0 Å². The Hall–Kier alpha value is -1.70. The van der Waals surface area contributed by atoms with Crippen molar-refractivity contribution in [3.63, 3.8) is 0 Å². The van der Waals surface area contributed by atoms with Crippen LogP contribution >= 0.6 is 0 Å². The van der Waals surface area contributed by atoms with E-state index < -0.39 is 0 Å². The van der Waals surface area contributed by atoms with Crippen molar-refractivity contribution in [2.24, 2.45) is 0 Å². The molecule has 2 nitrogen and oxygen atoms in total. The molecule has 2 aromatic rings. The summed E-state index contributed by atoms with van der Waals surface area (Å²) in [6.07, 6.45) is 0. The molecule has 0 aliphatic rings. The van der Waals surface area contributed by atoms with Gasteiger partial charge >= 0.3 is 0 Å². The molecule has 2 heteroatoms. The molecule has 0 unspecified atom stereocenters. The molecule has 0 saturated heterocycles. The van der Waals surface area contributed by atoms with E-state index in [2.05, 4.69) is 0 Å². The minimum absolute atomic E-state index is 0.0111. The van der Waals surface area contributed by atoms with Crippen LogP contribution in [0.15, 0.2) is 36.4 Å². The van der Waals surface area contributed by atoms with Crippen LogP contribution in [0.1, 0.15) is 0 Å². The fourth-order valence-electron chi connectivity index (χ4n) is 1.40. The van der Waals surface area contributed by atoms with Gasteiger partial charge in [0.1, 0.15) is 5.75 Å². The van der Waals surface area contributed by atoms with Crippen molar-refractivity contribution in [2.45, 2.75) is 0 Å². The normalized spacial score (nSPS) is 10.2. The van der Waals surface area contributed by atoms with Crippen LogP contribution in [-0.4, -0.2) is 7.11 Å². The minimum Gasteiger partial charge on any atom is -0.496 e. The van der Waals surface area contributed by atoms with Crippen molar-refractivity contribution >= 4 is 10.8 Å². The van der Waals surface area contributed by atoms with Crippen LogP contribution in [0.5, 0.6) is 11.5 Å². The first-order valence-corrected chi connectivity index (χ1v) is 4.05. The zero-order valence-electron chi connectivity index (χ0n) is 7.28. The smallest absolute Gasteiger partial charge is 0.179 e. The molecule has 0 aromatic heterocycles. The lowest BCUT2D eigenvalue weighted by atomic mass is 10.1. The number of fused-ring (bicyclic) bond motifs is 1. The van der Waals surface area contributed by atoms with Crippen LogP contribution in [0, 0.1) is 0 Å². The summed E-state index contributed by atoms with van der Waals surface area (Å²) in [5.74, 6) is 0.757. The summed E-state index contributed by atoms with van der Waals surface area (Å²) >= 11 is 0. The van der Waals surface area contributed by atoms with Gasteiger partial charge in [0.25, 0.3) is 0 Å². The molecule has 0 amide bonds. The second-order valence-electron chi connectivity index (χ2n) is 2.84. The van der Waals surface area contributed by atoms with Gasteiger partial charge in [0.15, 0.2) is 5.75 Å². The van der Waals surface area contributed by atoms with Gasteiger partial charge in [-0.2, -0.15) is 0 Å². The van der Waals surface area contributed by atoms with Gasteiger partial charge in [-0.25, -0.2) is 0 Å². The number of methoxy groups -OCH3 is 1. The third kappa shape index (κ3) is 1.31.